The van der Waals surface area contributed by atoms with Crippen LogP contribution in [0.3, 0.4) is 0 Å². The predicted octanol–water partition coefficient (Wildman–Crippen LogP) is -3.60. The van der Waals surface area contributed by atoms with Crippen LogP contribution in [0.15, 0.2) is 11.1 Å². The Morgan fingerprint density at radius 1 is 1.15 bits per heavy atom. The van der Waals surface area contributed by atoms with E-state index in [1.54, 1.807) is 0 Å². The van der Waals surface area contributed by atoms with Gasteiger partial charge in [-0.25, -0.2) is 18.7 Å². The molecule has 0 saturated carbocycles. The maximum Gasteiger partial charge on any atom is 2.00 e. The van der Waals surface area contributed by atoms with Gasteiger partial charge in [0.1, 0.15) is 6.23 Å². The van der Waals surface area contributed by atoms with E-state index in [2.05, 4.69) is 28.1 Å². The molecule has 1 aliphatic heterocycles. The Balaban J connectivity index is 0.00000385. The van der Waals surface area contributed by atoms with Crippen LogP contribution in [0, 0.1) is 0 Å². The van der Waals surface area contributed by atoms with Crippen molar-refractivity contribution in [3.05, 3.63) is 16.7 Å². The van der Waals surface area contributed by atoms with E-state index in [0.717, 1.165) is 10.9 Å². The molecule has 0 aromatic carbocycles. The zero-order chi connectivity index (χ0) is 24.1. The van der Waals surface area contributed by atoms with Gasteiger partial charge in [0.15, 0.2) is 11.2 Å². The maximum absolute atomic E-state index is 12.4. The quantitative estimate of drug-likeness (QED) is 0.131. The molecule has 2 aromatic rings. The summed E-state index contributed by atoms with van der Waals surface area (Å²) in [4.78, 5) is 57.0. The minimum atomic E-state index is -5.76. The van der Waals surface area contributed by atoms with Crippen molar-refractivity contribution in [2.45, 2.75) is 24.5 Å². The van der Waals surface area contributed by atoms with Gasteiger partial charge in [-0.15, -0.1) is 6.10 Å². The Kier molecular flexibility index (Phi) is 8.47. The fraction of sp³-hybridized carbons (Fsp3) is 0.500. The van der Waals surface area contributed by atoms with E-state index < -0.39 is 60.2 Å². The number of nitrogens with two attached hydrogens (primary N) is 1. The summed E-state index contributed by atoms with van der Waals surface area (Å²) in [6.45, 7) is -1.12. The molecular weight excluding hydrogens is 562 g/mol. The van der Waals surface area contributed by atoms with Crippen molar-refractivity contribution in [2.24, 2.45) is 0 Å². The molecule has 23 heteroatoms. The first-order chi connectivity index (χ1) is 14.6. The molecule has 7 N–H and O–H groups in total. The molecule has 1 saturated heterocycles. The van der Waals surface area contributed by atoms with Crippen LogP contribution >= 0.6 is 23.5 Å². The number of phosphoric acid groups is 3. The molecule has 1 fully saturated rings. The summed E-state index contributed by atoms with van der Waals surface area (Å²) in [5.41, 5.74) is 4.32. The number of hydrogen-bond acceptors (Lipinski definition) is 13. The second-order valence-corrected chi connectivity index (χ2v) is 10.6. The van der Waals surface area contributed by atoms with Crippen molar-refractivity contribution in [1.29, 1.82) is 0 Å². The van der Waals surface area contributed by atoms with Crippen LogP contribution in [-0.4, -0.2) is 64.0 Å². The number of fused-ring (bicyclic) bond motifs is 1. The predicted molar refractivity (Wildman–Crippen MR) is 93.9 cm³/mol. The van der Waals surface area contributed by atoms with E-state index in [0.29, 0.717) is 0 Å². The van der Waals surface area contributed by atoms with Gasteiger partial charge in [0.05, 0.1) is 19.0 Å². The van der Waals surface area contributed by atoms with E-state index in [4.69, 9.17) is 25.2 Å². The van der Waals surface area contributed by atoms with Crippen molar-refractivity contribution in [3.63, 3.8) is 0 Å². The number of aromatic amines is 1. The van der Waals surface area contributed by atoms with Crippen LogP contribution in [0.5, 0.6) is 0 Å². The summed E-state index contributed by atoms with van der Waals surface area (Å²) in [6.07, 6.45) is -6.47. The van der Waals surface area contributed by atoms with Crippen molar-refractivity contribution in [2.75, 3.05) is 12.3 Å². The molecule has 0 amide bonds. The molecule has 6 atom stereocenters. The number of ether oxygens (including phenoxy) is 1. The van der Waals surface area contributed by atoms with Crippen LogP contribution in [0.2, 0.25) is 0 Å². The third kappa shape index (κ3) is 6.76. The van der Waals surface area contributed by atoms with Gasteiger partial charge in [-0.1, -0.05) is 6.10 Å². The van der Waals surface area contributed by atoms with Gasteiger partial charge in [0.25, 0.3) is 5.56 Å². The number of phosphoric ester groups is 1. The van der Waals surface area contributed by atoms with E-state index in [1.165, 1.54) is 0 Å². The molecule has 1 aliphatic rings. The number of H-pyrrole nitrogens is 1. The third-order valence-corrected chi connectivity index (χ3v) is 7.63. The largest absolute Gasteiger partial charge is 2.00 e. The zero-order valence-electron chi connectivity index (χ0n) is 15.6. The molecule has 3 rings (SSSR count). The second-order valence-electron chi connectivity index (χ2n) is 6.16. The van der Waals surface area contributed by atoms with Gasteiger partial charge in [-0.2, -0.15) is 13.6 Å². The molecule has 2 unspecified atom stereocenters. The summed E-state index contributed by atoms with van der Waals surface area (Å²) < 4.78 is 51.2. The first-order valence-electron chi connectivity index (χ1n) is 8.06. The number of imidazole rings is 1. The number of nitrogen functional groups attached to an aromatic ring is 1. The number of aromatic nitrogens is 4. The molecule has 0 aliphatic carbocycles. The van der Waals surface area contributed by atoms with E-state index in [1.807, 2.05) is 0 Å². The molecule has 185 valence electrons. The number of nitrogens with one attached hydrogen (secondary N) is 1. The molecule has 19 nitrogen and oxygen atoms in total. The Morgan fingerprint density at radius 3 is 2.39 bits per heavy atom. The fourth-order valence-electron chi connectivity index (χ4n) is 2.67. The van der Waals surface area contributed by atoms with Crippen LogP contribution in [0.1, 0.15) is 6.23 Å². The van der Waals surface area contributed by atoms with Gasteiger partial charge in [-0.05, 0) is 0 Å². The average Bonchev–Trinajstić information content (AvgIpc) is 3.12. The first kappa shape index (κ1) is 28.2. The molecule has 1 radical (unpaired) electrons. The Hall–Kier alpha value is -1.04. The van der Waals surface area contributed by atoms with Crippen LogP contribution in [-0.2, 0) is 48.6 Å². The van der Waals surface area contributed by atoms with Gasteiger partial charge in [0.2, 0.25) is 5.95 Å². The molecule has 33 heavy (non-hydrogen) atoms. The Morgan fingerprint density at radius 2 is 1.79 bits per heavy atom. The van der Waals surface area contributed by atoms with Crippen molar-refractivity contribution in [1.82, 2.24) is 19.5 Å². The SMILES string of the molecule is Nc1nc2c(ncn2[C@@H]2O[C@H](COP(=O)(O)OP(=O)(O)OP(=O)(O)O)[C@@H]([O-])[C@H]2[O-])c(=O)[nH]1.[Mn+2]. The summed E-state index contributed by atoms with van der Waals surface area (Å²) in [5.74, 6) is -0.312. The van der Waals surface area contributed by atoms with E-state index >= 15 is 0 Å². The molecular formula is C10H14MnN5O14P3. The van der Waals surface area contributed by atoms with Crippen molar-refractivity contribution >= 4 is 40.6 Å². The normalized spacial score (nSPS) is 27.1. The number of nitrogens with zero attached hydrogens (tertiary/aromatic N) is 3. The van der Waals surface area contributed by atoms with Crippen molar-refractivity contribution < 1.29 is 78.4 Å². The topological polar surface area (TPSA) is 305 Å². The van der Waals surface area contributed by atoms with Crippen LogP contribution in [0.4, 0.5) is 5.95 Å². The minimum absolute atomic E-state index is 0. The Labute approximate surface area is 192 Å². The van der Waals surface area contributed by atoms with E-state index in [-0.39, 0.29) is 34.2 Å². The van der Waals surface area contributed by atoms with Crippen LogP contribution < -0.4 is 21.5 Å². The second kappa shape index (κ2) is 9.91. The minimum Gasteiger partial charge on any atom is -0.851 e. The standard InChI is InChI=1S/C10H14N5O14P3.Mn/c11-10-13-7-4(8(18)14-10)12-2-15(7)9-6(17)5(16)3(27-9)1-26-31(22,23)29-32(24,25)28-30(19,20)21;/h2-3,5-6,9H,1H2,(H,22,23)(H,24,25)(H2,19,20,21)(H3,11,13,14,18);/q-2;+2/t3-,5-,6-,9-;/m1./s1. The summed E-state index contributed by atoms with van der Waals surface area (Å²) in [7, 11) is -16.9. The van der Waals surface area contributed by atoms with Gasteiger partial charge < -0.3 is 40.3 Å². The molecule has 2 aromatic heterocycles. The summed E-state index contributed by atoms with van der Waals surface area (Å²) in [6, 6.07) is 0. The van der Waals surface area contributed by atoms with Gasteiger partial charge in [0, 0.05) is 0 Å². The molecule has 3 heterocycles. The fourth-order valence-corrected chi connectivity index (χ4v) is 5.70. The number of hydrogen-bond donors (Lipinski definition) is 6. The van der Waals surface area contributed by atoms with Crippen LogP contribution in [0.25, 0.3) is 11.2 Å². The van der Waals surface area contributed by atoms with Crippen molar-refractivity contribution in [3.8, 4) is 0 Å². The first-order valence-corrected chi connectivity index (χ1v) is 12.6. The number of rotatable bonds is 8. The number of anilines is 1. The zero-order valence-corrected chi connectivity index (χ0v) is 19.5. The average molecular weight is 576 g/mol. The summed E-state index contributed by atoms with van der Waals surface area (Å²) in [5, 5.41) is 24.6. The summed E-state index contributed by atoms with van der Waals surface area (Å²) >= 11 is 0. The molecule has 0 bridgehead atoms. The van der Waals surface area contributed by atoms with Gasteiger partial charge in [-0.3, -0.25) is 18.9 Å². The molecule has 0 spiro atoms. The van der Waals surface area contributed by atoms with Gasteiger partial charge >= 0.3 is 40.5 Å². The smallest absolute Gasteiger partial charge is 0.851 e. The monoisotopic (exact) mass is 576 g/mol. The van der Waals surface area contributed by atoms with E-state index in [9.17, 15) is 33.6 Å². The maximum atomic E-state index is 12.4. The third-order valence-electron chi connectivity index (χ3n) is 3.83. The Bertz CT molecular complexity index is 1210.